The maximum Gasteiger partial charge on any atom is 0.151 e. The number of benzene rings is 1. The summed E-state index contributed by atoms with van der Waals surface area (Å²) in [6, 6.07) is 8.39. The molecule has 1 aliphatic rings. The zero-order chi connectivity index (χ0) is 15.5. The Morgan fingerprint density at radius 3 is 2.48 bits per heavy atom. The summed E-state index contributed by atoms with van der Waals surface area (Å²) in [5.41, 5.74) is 2.03. The smallest absolute Gasteiger partial charge is 0.151 e. The van der Waals surface area contributed by atoms with Crippen molar-refractivity contribution in [3.63, 3.8) is 0 Å². The highest BCUT2D eigenvalue weighted by Gasteiger charge is 2.26. The van der Waals surface area contributed by atoms with Crippen molar-refractivity contribution in [1.29, 1.82) is 0 Å². The summed E-state index contributed by atoms with van der Waals surface area (Å²) in [5.74, 6) is 1.57. The molecule has 4 heteroatoms. The number of sulfone groups is 1. The predicted molar refractivity (Wildman–Crippen MR) is 87.8 cm³/mol. The van der Waals surface area contributed by atoms with Crippen LogP contribution in [0.1, 0.15) is 44.2 Å². The fourth-order valence-corrected chi connectivity index (χ4v) is 4.11. The van der Waals surface area contributed by atoms with Crippen LogP contribution in [-0.2, 0) is 22.1 Å². The van der Waals surface area contributed by atoms with E-state index in [-0.39, 0.29) is 5.75 Å². The van der Waals surface area contributed by atoms with E-state index in [0.29, 0.717) is 12.0 Å². The second kappa shape index (κ2) is 6.93. The molecule has 0 saturated heterocycles. The fraction of sp³-hybridized carbons (Fsp3) is 0.647. The highest BCUT2D eigenvalue weighted by Crippen LogP contribution is 2.29. The summed E-state index contributed by atoms with van der Waals surface area (Å²) in [6.45, 7) is 5.41. The van der Waals surface area contributed by atoms with E-state index < -0.39 is 9.84 Å². The van der Waals surface area contributed by atoms with Gasteiger partial charge in [-0.05, 0) is 29.4 Å². The van der Waals surface area contributed by atoms with Crippen LogP contribution in [0.4, 0.5) is 0 Å². The van der Waals surface area contributed by atoms with Crippen LogP contribution in [0.3, 0.4) is 0 Å². The summed E-state index contributed by atoms with van der Waals surface area (Å²) >= 11 is 0. The molecule has 0 aromatic heterocycles. The molecule has 1 N–H and O–H groups in total. The summed E-state index contributed by atoms with van der Waals surface area (Å²) in [7, 11) is -2.99. The highest BCUT2D eigenvalue weighted by molar-refractivity contribution is 7.89. The van der Waals surface area contributed by atoms with E-state index in [9.17, 15) is 8.42 Å². The first-order chi connectivity index (χ1) is 9.87. The van der Waals surface area contributed by atoms with Crippen LogP contribution in [0.2, 0.25) is 0 Å². The lowest BCUT2D eigenvalue weighted by molar-refractivity contribution is 0.206. The topological polar surface area (TPSA) is 46.2 Å². The van der Waals surface area contributed by atoms with Crippen LogP contribution < -0.4 is 5.32 Å². The van der Waals surface area contributed by atoms with Crippen molar-refractivity contribution in [2.24, 2.45) is 11.8 Å². The van der Waals surface area contributed by atoms with Gasteiger partial charge in [-0.15, -0.1) is 0 Å². The Labute approximate surface area is 129 Å². The van der Waals surface area contributed by atoms with Gasteiger partial charge in [0.2, 0.25) is 0 Å². The van der Waals surface area contributed by atoms with Gasteiger partial charge in [0.1, 0.15) is 0 Å². The molecule has 21 heavy (non-hydrogen) atoms. The average Bonchev–Trinajstić information content (AvgIpc) is 2.40. The maximum atomic E-state index is 11.5. The Balaban J connectivity index is 2.03. The monoisotopic (exact) mass is 309 g/mol. The Morgan fingerprint density at radius 1 is 1.14 bits per heavy atom. The number of hydrogen-bond acceptors (Lipinski definition) is 3. The Kier molecular flexibility index (Phi) is 5.44. The third-order valence-corrected chi connectivity index (χ3v) is 5.63. The minimum Gasteiger partial charge on any atom is -0.310 e. The van der Waals surface area contributed by atoms with Crippen molar-refractivity contribution in [3.8, 4) is 0 Å². The SMILES string of the molecule is C[C@@H]1[C@H](C)CCC[C@H]1NCc1ccccc1CS(C)(=O)=O. The van der Waals surface area contributed by atoms with Gasteiger partial charge < -0.3 is 5.32 Å². The van der Waals surface area contributed by atoms with Gasteiger partial charge >= 0.3 is 0 Å². The van der Waals surface area contributed by atoms with Gasteiger partial charge in [-0.25, -0.2) is 8.42 Å². The van der Waals surface area contributed by atoms with E-state index in [0.717, 1.165) is 23.6 Å². The molecule has 0 heterocycles. The molecule has 0 spiro atoms. The quantitative estimate of drug-likeness (QED) is 0.909. The van der Waals surface area contributed by atoms with Gasteiger partial charge in [0.15, 0.2) is 9.84 Å². The van der Waals surface area contributed by atoms with E-state index in [1.165, 1.54) is 25.5 Å². The van der Waals surface area contributed by atoms with Gasteiger partial charge in [0, 0.05) is 18.8 Å². The lowest BCUT2D eigenvalue weighted by Gasteiger charge is -2.35. The second-order valence-electron chi connectivity index (χ2n) is 6.59. The molecule has 1 fully saturated rings. The van der Waals surface area contributed by atoms with Crippen molar-refractivity contribution >= 4 is 9.84 Å². The molecular weight excluding hydrogens is 282 g/mol. The largest absolute Gasteiger partial charge is 0.310 e. The van der Waals surface area contributed by atoms with Crippen LogP contribution in [0.15, 0.2) is 24.3 Å². The van der Waals surface area contributed by atoms with Crippen molar-refractivity contribution < 1.29 is 8.42 Å². The van der Waals surface area contributed by atoms with E-state index in [1.54, 1.807) is 0 Å². The van der Waals surface area contributed by atoms with E-state index in [1.807, 2.05) is 24.3 Å². The van der Waals surface area contributed by atoms with Crippen LogP contribution in [0.25, 0.3) is 0 Å². The number of rotatable bonds is 5. The number of nitrogens with one attached hydrogen (secondary N) is 1. The molecular formula is C17H27NO2S. The summed E-state index contributed by atoms with van der Waals surface area (Å²) in [4.78, 5) is 0. The van der Waals surface area contributed by atoms with Crippen molar-refractivity contribution in [3.05, 3.63) is 35.4 Å². The molecule has 118 valence electrons. The lowest BCUT2D eigenvalue weighted by Crippen LogP contribution is -2.40. The van der Waals surface area contributed by atoms with Crippen molar-refractivity contribution in [2.45, 2.75) is 51.4 Å². The van der Waals surface area contributed by atoms with Crippen LogP contribution >= 0.6 is 0 Å². The molecule has 0 radical (unpaired) electrons. The first-order valence-electron chi connectivity index (χ1n) is 7.84. The van der Waals surface area contributed by atoms with Gasteiger partial charge in [-0.1, -0.05) is 51.0 Å². The normalized spacial score (nSPS) is 26.7. The van der Waals surface area contributed by atoms with Crippen LogP contribution in [0.5, 0.6) is 0 Å². The van der Waals surface area contributed by atoms with Crippen LogP contribution in [-0.4, -0.2) is 20.7 Å². The Bertz CT molecular complexity index is 568. The van der Waals surface area contributed by atoms with E-state index in [2.05, 4.69) is 19.2 Å². The Morgan fingerprint density at radius 2 is 1.81 bits per heavy atom. The molecule has 0 amide bonds. The molecule has 1 aromatic rings. The lowest BCUT2D eigenvalue weighted by atomic mass is 9.78. The van der Waals surface area contributed by atoms with Gasteiger partial charge in [0.05, 0.1) is 5.75 Å². The zero-order valence-corrected chi connectivity index (χ0v) is 14.1. The van der Waals surface area contributed by atoms with Crippen molar-refractivity contribution in [1.82, 2.24) is 5.32 Å². The molecule has 1 aliphatic carbocycles. The maximum absolute atomic E-state index is 11.5. The number of hydrogen-bond donors (Lipinski definition) is 1. The fourth-order valence-electron chi connectivity index (χ4n) is 3.26. The van der Waals surface area contributed by atoms with Gasteiger partial charge in [0.25, 0.3) is 0 Å². The van der Waals surface area contributed by atoms with Crippen LogP contribution in [0, 0.1) is 11.8 Å². The molecule has 3 nitrogen and oxygen atoms in total. The first-order valence-corrected chi connectivity index (χ1v) is 9.91. The molecule has 1 aromatic carbocycles. The molecule has 2 rings (SSSR count). The summed E-state index contributed by atoms with van der Waals surface area (Å²) in [5, 5.41) is 3.65. The zero-order valence-electron chi connectivity index (χ0n) is 13.3. The molecule has 1 saturated carbocycles. The van der Waals surface area contributed by atoms with Gasteiger partial charge in [-0.2, -0.15) is 0 Å². The minimum atomic E-state index is -2.99. The van der Waals surface area contributed by atoms with Crippen molar-refractivity contribution in [2.75, 3.05) is 6.26 Å². The molecule has 0 unspecified atom stereocenters. The summed E-state index contributed by atoms with van der Waals surface area (Å²) < 4.78 is 23.1. The van der Waals surface area contributed by atoms with E-state index in [4.69, 9.17) is 0 Å². The molecule has 0 bridgehead atoms. The highest BCUT2D eigenvalue weighted by atomic mass is 32.2. The van der Waals surface area contributed by atoms with E-state index >= 15 is 0 Å². The average molecular weight is 309 g/mol. The van der Waals surface area contributed by atoms with Gasteiger partial charge in [-0.3, -0.25) is 0 Å². The third kappa shape index (κ3) is 4.82. The molecule has 3 atom stereocenters. The third-order valence-electron chi connectivity index (χ3n) is 4.80. The standard InChI is InChI=1S/C17H27NO2S/c1-13-7-6-10-17(14(13)2)18-11-15-8-4-5-9-16(15)12-21(3,19)20/h4-5,8-9,13-14,17-18H,6-7,10-12H2,1-3H3/t13-,14-,17-/m1/s1. The first kappa shape index (κ1) is 16.5. The Hall–Kier alpha value is -0.870. The molecule has 0 aliphatic heterocycles. The second-order valence-corrected chi connectivity index (χ2v) is 8.73. The predicted octanol–water partition coefficient (Wildman–Crippen LogP) is 3.15. The summed E-state index contributed by atoms with van der Waals surface area (Å²) in [6.07, 6.45) is 5.13. The minimum absolute atomic E-state index is 0.126.